The smallest absolute Gasteiger partial charge is 0.285 e. The lowest BCUT2D eigenvalue weighted by molar-refractivity contribution is 0.171. The highest BCUT2D eigenvalue weighted by molar-refractivity contribution is 7.11. The van der Waals surface area contributed by atoms with Crippen LogP contribution in [0.5, 0.6) is 11.5 Å². The third-order valence-electron chi connectivity index (χ3n) is 4.57. The van der Waals surface area contributed by atoms with Crippen molar-refractivity contribution >= 4 is 33.1 Å². The van der Waals surface area contributed by atoms with Crippen LogP contribution in [-0.4, -0.2) is 22.2 Å². The lowest BCUT2D eigenvalue weighted by Gasteiger charge is -2.18. The maximum atomic E-state index is 12.9. The Morgan fingerprint density at radius 1 is 1.10 bits per heavy atom. The number of hydrogen-bond donors (Lipinski definition) is 1. The normalized spacial score (nSPS) is 12.5. The highest BCUT2D eigenvalue weighted by atomic mass is 32.1. The zero-order chi connectivity index (χ0) is 19.8. The number of ether oxygens (including phenoxy) is 2. The van der Waals surface area contributed by atoms with Crippen LogP contribution in [0.3, 0.4) is 0 Å². The molecule has 0 saturated carbocycles. The Morgan fingerprint density at radius 2 is 1.97 bits per heavy atom. The summed E-state index contributed by atoms with van der Waals surface area (Å²) in [6.45, 7) is 0.957. The Morgan fingerprint density at radius 3 is 2.83 bits per heavy atom. The van der Waals surface area contributed by atoms with E-state index in [2.05, 4.69) is 10.3 Å². The third-order valence-corrected chi connectivity index (χ3v) is 5.62. The number of nitriles is 1. The van der Waals surface area contributed by atoms with Gasteiger partial charge in [-0.1, -0.05) is 6.07 Å². The van der Waals surface area contributed by atoms with Crippen LogP contribution >= 0.6 is 11.5 Å². The summed E-state index contributed by atoms with van der Waals surface area (Å²) in [5, 5.41) is 14.2. The van der Waals surface area contributed by atoms with Gasteiger partial charge >= 0.3 is 0 Å². The number of aromatic nitrogens is 2. The predicted molar refractivity (Wildman–Crippen MR) is 111 cm³/mol. The molecule has 0 saturated heterocycles. The van der Waals surface area contributed by atoms with Gasteiger partial charge in [0.1, 0.15) is 24.3 Å². The van der Waals surface area contributed by atoms with E-state index >= 15 is 0 Å². The molecule has 8 heteroatoms. The second-order valence-electron chi connectivity index (χ2n) is 6.34. The molecule has 1 aliphatic rings. The number of nitrogens with one attached hydrogen (secondary N) is 1. The van der Waals surface area contributed by atoms with Crippen LogP contribution in [0.15, 0.2) is 59.5 Å². The largest absolute Gasteiger partial charge is 0.486 e. The van der Waals surface area contributed by atoms with Crippen molar-refractivity contribution in [2.45, 2.75) is 0 Å². The van der Waals surface area contributed by atoms with Gasteiger partial charge in [-0.15, -0.1) is 0 Å². The molecule has 0 radical (unpaired) electrons. The van der Waals surface area contributed by atoms with Gasteiger partial charge in [0, 0.05) is 23.3 Å². The molecular formula is C21H14N4O3S. The Kier molecular flexibility index (Phi) is 4.15. The summed E-state index contributed by atoms with van der Waals surface area (Å²) in [5.41, 5.74) is 1.91. The number of anilines is 2. The van der Waals surface area contributed by atoms with Crippen LogP contribution in [-0.2, 0) is 0 Å². The Hall–Kier alpha value is -3.83. The van der Waals surface area contributed by atoms with E-state index < -0.39 is 0 Å². The average Bonchev–Trinajstić information content (AvgIpc) is 3.08. The number of rotatable bonds is 3. The maximum absolute atomic E-state index is 12.9. The summed E-state index contributed by atoms with van der Waals surface area (Å²) in [4.78, 5) is 17.2. The number of fused-ring (bicyclic) bond motifs is 2. The number of pyridine rings is 1. The first-order chi connectivity index (χ1) is 14.2. The second-order valence-corrected chi connectivity index (χ2v) is 7.29. The average molecular weight is 402 g/mol. The van der Waals surface area contributed by atoms with Gasteiger partial charge in [0.25, 0.3) is 5.56 Å². The summed E-state index contributed by atoms with van der Waals surface area (Å²) in [6, 6.07) is 16.8. The van der Waals surface area contributed by atoms with Crippen LogP contribution in [0.4, 0.5) is 10.7 Å². The van der Waals surface area contributed by atoms with E-state index in [1.807, 2.05) is 36.4 Å². The molecule has 5 rings (SSSR count). The molecule has 0 atom stereocenters. The minimum absolute atomic E-state index is 0.0609. The summed E-state index contributed by atoms with van der Waals surface area (Å²) in [7, 11) is 0. The Balaban J connectivity index is 1.59. The van der Waals surface area contributed by atoms with Gasteiger partial charge in [-0.3, -0.25) is 9.78 Å². The lowest BCUT2D eigenvalue weighted by atomic mass is 10.2. The predicted octanol–water partition coefficient (Wildman–Crippen LogP) is 3.83. The molecule has 29 heavy (non-hydrogen) atoms. The fourth-order valence-corrected chi connectivity index (χ4v) is 4.18. The molecule has 0 unspecified atom stereocenters. The molecule has 142 valence electrons. The Labute approximate surface area is 169 Å². The van der Waals surface area contributed by atoms with E-state index in [0.717, 1.165) is 16.6 Å². The van der Waals surface area contributed by atoms with Gasteiger partial charge in [-0.2, -0.15) is 5.26 Å². The first kappa shape index (κ1) is 17.3. The zero-order valence-corrected chi connectivity index (χ0v) is 15.9. The molecule has 0 bridgehead atoms. The molecule has 2 aromatic carbocycles. The van der Waals surface area contributed by atoms with Crippen LogP contribution in [0.25, 0.3) is 16.6 Å². The Bertz CT molecular complexity index is 1330. The number of nitrogens with zero attached hydrogens (tertiary/aromatic N) is 3. The molecule has 1 aliphatic heterocycles. The molecule has 2 aromatic heterocycles. The number of hydrogen-bond acceptors (Lipinski definition) is 7. The van der Waals surface area contributed by atoms with Crippen LogP contribution in [0.1, 0.15) is 5.56 Å². The maximum Gasteiger partial charge on any atom is 0.285 e. The highest BCUT2D eigenvalue weighted by Gasteiger charge is 2.19. The lowest BCUT2D eigenvalue weighted by Crippen LogP contribution is -2.17. The van der Waals surface area contributed by atoms with E-state index in [0.29, 0.717) is 35.4 Å². The van der Waals surface area contributed by atoms with Gasteiger partial charge in [0.15, 0.2) is 17.1 Å². The molecule has 7 nitrogen and oxygen atoms in total. The monoisotopic (exact) mass is 402 g/mol. The first-order valence-electron chi connectivity index (χ1n) is 8.92. The second kappa shape index (κ2) is 6.96. The van der Waals surface area contributed by atoms with Gasteiger partial charge in [-0.25, -0.2) is 3.96 Å². The van der Waals surface area contributed by atoms with Crippen molar-refractivity contribution in [1.82, 2.24) is 8.94 Å². The summed E-state index contributed by atoms with van der Waals surface area (Å²) >= 11 is 1.17. The van der Waals surface area contributed by atoms with E-state index in [1.165, 1.54) is 15.5 Å². The van der Waals surface area contributed by atoms with Gasteiger partial charge in [0.05, 0.1) is 11.2 Å². The van der Waals surface area contributed by atoms with E-state index in [4.69, 9.17) is 9.47 Å². The van der Waals surface area contributed by atoms with Crippen LogP contribution in [0, 0.1) is 11.3 Å². The molecular weight excluding hydrogens is 388 g/mol. The molecule has 0 fully saturated rings. The molecule has 3 heterocycles. The quantitative estimate of drug-likeness (QED) is 0.560. The zero-order valence-electron chi connectivity index (χ0n) is 15.1. The van der Waals surface area contributed by atoms with Crippen molar-refractivity contribution in [3.8, 4) is 23.3 Å². The highest BCUT2D eigenvalue weighted by Crippen LogP contribution is 2.34. The number of benzene rings is 2. The molecule has 4 aromatic rings. The van der Waals surface area contributed by atoms with E-state index in [-0.39, 0.29) is 11.1 Å². The molecule has 0 amide bonds. The van der Waals surface area contributed by atoms with E-state index in [9.17, 15) is 10.1 Å². The van der Waals surface area contributed by atoms with Crippen molar-refractivity contribution in [2.24, 2.45) is 0 Å². The summed E-state index contributed by atoms with van der Waals surface area (Å²) < 4.78 is 12.6. The fourth-order valence-electron chi connectivity index (χ4n) is 3.22. The minimum Gasteiger partial charge on any atom is -0.486 e. The SMILES string of the molecule is N#Cc1c(Nc2cccc3ncccc23)sn(-c2ccc3c(c2)OCCO3)c1=O. The van der Waals surface area contributed by atoms with Gasteiger partial charge < -0.3 is 14.8 Å². The summed E-state index contributed by atoms with van der Waals surface area (Å²) in [5.74, 6) is 1.23. The first-order valence-corrected chi connectivity index (χ1v) is 9.69. The molecule has 0 spiro atoms. The summed E-state index contributed by atoms with van der Waals surface area (Å²) in [6.07, 6.45) is 1.73. The topological polar surface area (TPSA) is 89.2 Å². The standard InChI is InChI=1S/C21H14N4O3S/c22-12-15-20(24-17-5-1-4-16-14(17)3-2-8-23-16)29-25(21(15)26)13-6-7-18-19(11-13)28-10-9-27-18/h1-8,11,24H,9-10H2. The van der Waals surface area contributed by atoms with Crippen LogP contribution in [0.2, 0.25) is 0 Å². The van der Waals surface area contributed by atoms with Crippen molar-refractivity contribution < 1.29 is 9.47 Å². The molecule has 0 aliphatic carbocycles. The fraction of sp³-hybridized carbons (Fsp3) is 0.0952. The van der Waals surface area contributed by atoms with E-state index in [1.54, 1.807) is 24.4 Å². The third kappa shape index (κ3) is 2.98. The van der Waals surface area contributed by atoms with Crippen LogP contribution < -0.4 is 20.3 Å². The van der Waals surface area contributed by atoms with Crippen molar-refractivity contribution in [1.29, 1.82) is 5.26 Å². The van der Waals surface area contributed by atoms with Crippen molar-refractivity contribution in [3.63, 3.8) is 0 Å². The molecule has 1 N–H and O–H groups in total. The van der Waals surface area contributed by atoms with Crippen molar-refractivity contribution in [3.05, 3.63) is 70.6 Å². The van der Waals surface area contributed by atoms with Gasteiger partial charge in [0.2, 0.25) is 0 Å². The van der Waals surface area contributed by atoms with Gasteiger partial charge in [-0.05, 0) is 47.9 Å². The minimum atomic E-state index is -0.380. The van der Waals surface area contributed by atoms with Crippen molar-refractivity contribution in [2.75, 3.05) is 18.5 Å².